The molecule has 7 heteroatoms. The van der Waals surface area contributed by atoms with Crippen LogP contribution in [0.5, 0.6) is 11.5 Å². The maximum Gasteiger partial charge on any atom is 0.254 e. The molecule has 0 radical (unpaired) electrons. The van der Waals surface area contributed by atoms with E-state index in [0.717, 1.165) is 47.4 Å². The number of carbonyl (C=O) groups is 1. The van der Waals surface area contributed by atoms with Crippen LogP contribution in [-0.2, 0) is 19.4 Å². The number of carbonyl (C=O) groups excluding carboxylic acids is 1. The molecule has 1 heterocycles. The number of aliphatic imine (C=N–C) groups is 1. The summed E-state index contributed by atoms with van der Waals surface area (Å²) in [6.07, 6.45) is 5.87. The molecule has 0 fully saturated rings. The number of ether oxygens (including phenoxy) is 2. The highest BCUT2D eigenvalue weighted by Crippen LogP contribution is 2.40. The lowest BCUT2D eigenvalue weighted by Crippen LogP contribution is -2.24. The van der Waals surface area contributed by atoms with Gasteiger partial charge in [0, 0.05) is 17.6 Å². The Morgan fingerprint density at radius 3 is 2.79 bits per heavy atom. The zero-order chi connectivity index (χ0) is 23.0. The number of nitrogens with zero attached hydrogens (tertiary/aromatic N) is 2. The van der Waals surface area contributed by atoms with Crippen LogP contribution in [-0.4, -0.2) is 25.8 Å². The third kappa shape index (κ3) is 5.41. The van der Waals surface area contributed by atoms with E-state index in [2.05, 4.69) is 5.32 Å². The molecule has 168 valence electrons. The van der Waals surface area contributed by atoms with Gasteiger partial charge in [-0.3, -0.25) is 4.79 Å². The number of hydrogen-bond donors (Lipinski definition) is 1. The number of benzene rings is 2. The highest BCUT2D eigenvalue weighted by Gasteiger charge is 2.25. The van der Waals surface area contributed by atoms with Gasteiger partial charge in [-0.1, -0.05) is 30.3 Å². The molecule has 33 heavy (non-hydrogen) atoms. The lowest BCUT2D eigenvalue weighted by Gasteiger charge is -2.13. The first-order valence-electron chi connectivity index (χ1n) is 10.9. The van der Waals surface area contributed by atoms with E-state index in [1.165, 1.54) is 4.88 Å². The highest BCUT2D eigenvalue weighted by molar-refractivity contribution is 7.16. The van der Waals surface area contributed by atoms with Crippen molar-refractivity contribution in [2.75, 3.05) is 13.7 Å². The number of fused-ring (bicyclic) bond motifs is 1. The standard InChI is InChI=1S/C26H25N3O3S/c1-31-22-15-19(11-12-21(22)32-14-13-27)17-29-26-24(20-9-5-6-10-23(20)33-26)25(30)28-16-18-7-3-2-4-8-18/h2-4,7-8,11-12,15,17H,5-6,9-10,14,16H2,1H3,(H,28,30). The summed E-state index contributed by atoms with van der Waals surface area (Å²) in [5.74, 6) is 0.951. The van der Waals surface area contributed by atoms with Crippen molar-refractivity contribution in [3.8, 4) is 17.6 Å². The van der Waals surface area contributed by atoms with Gasteiger partial charge in [-0.05, 0) is 60.6 Å². The van der Waals surface area contributed by atoms with E-state index >= 15 is 0 Å². The van der Waals surface area contributed by atoms with Gasteiger partial charge < -0.3 is 14.8 Å². The third-order valence-corrected chi connectivity index (χ3v) is 6.69. The SMILES string of the molecule is COc1cc(C=Nc2sc3c(c2C(=O)NCc2ccccc2)CCCC3)ccc1OCC#N. The Hall–Kier alpha value is -3.63. The van der Waals surface area contributed by atoms with Gasteiger partial charge in [0.05, 0.1) is 12.7 Å². The molecule has 1 aliphatic rings. The minimum Gasteiger partial charge on any atom is -0.493 e. The van der Waals surface area contributed by atoms with Gasteiger partial charge in [0.15, 0.2) is 18.1 Å². The van der Waals surface area contributed by atoms with Gasteiger partial charge in [-0.2, -0.15) is 5.26 Å². The second-order valence-corrected chi connectivity index (χ2v) is 8.76. The van der Waals surface area contributed by atoms with Crippen molar-refractivity contribution >= 4 is 28.5 Å². The van der Waals surface area contributed by atoms with Crippen molar-refractivity contribution in [2.24, 2.45) is 4.99 Å². The summed E-state index contributed by atoms with van der Waals surface area (Å²) < 4.78 is 10.8. The van der Waals surface area contributed by atoms with Crippen molar-refractivity contribution in [1.29, 1.82) is 5.26 Å². The number of hydrogen-bond acceptors (Lipinski definition) is 6. The molecule has 4 rings (SSSR count). The van der Waals surface area contributed by atoms with Gasteiger partial charge in [-0.25, -0.2) is 4.99 Å². The Morgan fingerprint density at radius 1 is 1.18 bits per heavy atom. The summed E-state index contributed by atoms with van der Waals surface area (Å²) in [4.78, 5) is 19.2. The van der Waals surface area contributed by atoms with E-state index < -0.39 is 0 Å². The Labute approximate surface area is 197 Å². The summed E-state index contributed by atoms with van der Waals surface area (Å²) in [6, 6.07) is 17.3. The Balaban J connectivity index is 1.58. The van der Waals surface area contributed by atoms with E-state index in [1.54, 1.807) is 36.8 Å². The van der Waals surface area contributed by atoms with Crippen LogP contribution >= 0.6 is 11.3 Å². The molecule has 1 aromatic heterocycles. The quantitative estimate of drug-likeness (QED) is 0.468. The first-order valence-corrected chi connectivity index (χ1v) is 11.7. The van der Waals surface area contributed by atoms with Crippen LogP contribution in [0.3, 0.4) is 0 Å². The molecule has 1 N–H and O–H groups in total. The fourth-order valence-corrected chi connectivity index (χ4v) is 5.10. The van der Waals surface area contributed by atoms with Crippen molar-refractivity contribution in [3.05, 3.63) is 75.7 Å². The van der Waals surface area contributed by atoms with Crippen LogP contribution in [0, 0.1) is 11.3 Å². The molecule has 0 saturated carbocycles. The topological polar surface area (TPSA) is 83.7 Å². The zero-order valence-electron chi connectivity index (χ0n) is 18.5. The first kappa shape index (κ1) is 22.6. The lowest BCUT2D eigenvalue weighted by atomic mass is 9.95. The maximum absolute atomic E-state index is 13.2. The van der Waals surface area contributed by atoms with Crippen LogP contribution in [0.15, 0.2) is 53.5 Å². The second-order valence-electron chi connectivity index (χ2n) is 7.67. The Bertz CT molecular complexity index is 1200. The van der Waals surface area contributed by atoms with Crippen LogP contribution in [0.2, 0.25) is 0 Å². The van der Waals surface area contributed by atoms with E-state index in [4.69, 9.17) is 19.7 Å². The van der Waals surface area contributed by atoms with Crippen molar-refractivity contribution < 1.29 is 14.3 Å². The number of nitrogens with one attached hydrogen (secondary N) is 1. The molecule has 3 aromatic rings. The molecule has 0 bridgehead atoms. The number of rotatable bonds is 8. The summed E-state index contributed by atoms with van der Waals surface area (Å²) in [6.45, 7) is 0.431. The monoisotopic (exact) mass is 459 g/mol. The lowest BCUT2D eigenvalue weighted by molar-refractivity contribution is 0.0951. The number of amides is 1. The van der Waals surface area contributed by atoms with Crippen LogP contribution in [0.4, 0.5) is 5.00 Å². The van der Waals surface area contributed by atoms with Crippen molar-refractivity contribution in [3.63, 3.8) is 0 Å². The van der Waals surface area contributed by atoms with Gasteiger partial charge in [-0.15, -0.1) is 11.3 Å². The van der Waals surface area contributed by atoms with E-state index in [-0.39, 0.29) is 12.5 Å². The molecular formula is C26H25N3O3S. The molecule has 6 nitrogen and oxygen atoms in total. The van der Waals surface area contributed by atoms with Gasteiger partial charge in [0.1, 0.15) is 11.1 Å². The molecule has 2 aromatic carbocycles. The van der Waals surface area contributed by atoms with Crippen LogP contribution in [0.25, 0.3) is 0 Å². The van der Waals surface area contributed by atoms with Crippen LogP contribution in [0.1, 0.15) is 44.8 Å². The molecule has 1 amide bonds. The Kier molecular flexibility index (Phi) is 7.38. The molecule has 0 atom stereocenters. The van der Waals surface area contributed by atoms with E-state index in [1.807, 2.05) is 42.5 Å². The molecule has 0 unspecified atom stereocenters. The maximum atomic E-state index is 13.2. The minimum absolute atomic E-state index is 0.0496. The molecule has 1 aliphatic carbocycles. The van der Waals surface area contributed by atoms with Crippen molar-refractivity contribution in [2.45, 2.75) is 32.2 Å². The number of methoxy groups -OCH3 is 1. The normalized spacial score (nSPS) is 12.7. The summed E-state index contributed by atoms with van der Waals surface area (Å²) in [7, 11) is 1.55. The average molecular weight is 460 g/mol. The summed E-state index contributed by atoms with van der Waals surface area (Å²) in [5.41, 5.74) is 3.72. The van der Waals surface area contributed by atoms with Gasteiger partial charge >= 0.3 is 0 Å². The van der Waals surface area contributed by atoms with E-state index in [0.29, 0.717) is 23.6 Å². The predicted molar refractivity (Wildman–Crippen MR) is 130 cm³/mol. The molecule has 0 saturated heterocycles. The summed E-state index contributed by atoms with van der Waals surface area (Å²) in [5, 5.41) is 12.5. The highest BCUT2D eigenvalue weighted by atomic mass is 32.1. The van der Waals surface area contributed by atoms with E-state index in [9.17, 15) is 4.79 Å². The van der Waals surface area contributed by atoms with Gasteiger partial charge in [0.2, 0.25) is 0 Å². The second kappa shape index (κ2) is 10.8. The number of aryl methyl sites for hydroxylation is 1. The fourth-order valence-electron chi connectivity index (χ4n) is 3.87. The largest absolute Gasteiger partial charge is 0.493 e. The average Bonchev–Trinajstić information content (AvgIpc) is 3.24. The zero-order valence-corrected chi connectivity index (χ0v) is 19.3. The Morgan fingerprint density at radius 2 is 2.00 bits per heavy atom. The minimum atomic E-state index is -0.0803. The van der Waals surface area contributed by atoms with Gasteiger partial charge in [0.25, 0.3) is 5.91 Å². The predicted octanol–water partition coefficient (Wildman–Crippen LogP) is 5.22. The summed E-state index contributed by atoms with van der Waals surface area (Å²) >= 11 is 1.60. The third-order valence-electron chi connectivity index (χ3n) is 5.49. The smallest absolute Gasteiger partial charge is 0.254 e. The first-order chi connectivity index (χ1) is 16.2. The van der Waals surface area contributed by atoms with Crippen LogP contribution < -0.4 is 14.8 Å². The van der Waals surface area contributed by atoms with Crippen molar-refractivity contribution in [1.82, 2.24) is 5.32 Å². The fraction of sp³-hybridized carbons (Fsp3) is 0.269. The number of thiophene rings is 1. The molecule has 0 aliphatic heterocycles. The molecule has 0 spiro atoms. The molecular weight excluding hydrogens is 434 g/mol. The number of nitriles is 1.